The van der Waals surface area contributed by atoms with E-state index in [1.54, 1.807) is 13.8 Å². The second-order valence-corrected chi connectivity index (χ2v) is 1.78. The molecule has 0 saturated carbocycles. The maximum absolute atomic E-state index is 8.69. The first-order chi connectivity index (χ1) is 3.55. The number of aliphatic hydroxyl groups excluding tert-OH is 2. The topological polar surface area (TPSA) is 43.7 Å². The van der Waals surface area contributed by atoms with E-state index in [1.807, 2.05) is 0 Å². The molecule has 2 N–H and O–H groups in total. The highest BCUT2D eigenvalue weighted by Crippen LogP contribution is 1.95. The lowest BCUT2D eigenvalue weighted by Crippen LogP contribution is -2.34. The van der Waals surface area contributed by atoms with Gasteiger partial charge in [-0.15, -0.1) is 0 Å². The van der Waals surface area contributed by atoms with Crippen LogP contribution in [0, 0.1) is 7.05 Å². The largest absolute Gasteiger partial charge is 0.379 e. The summed E-state index contributed by atoms with van der Waals surface area (Å²) >= 11 is 0. The molecule has 8 heavy (non-hydrogen) atoms. The number of rotatable bonds is 2. The van der Waals surface area contributed by atoms with E-state index >= 15 is 0 Å². The van der Waals surface area contributed by atoms with Gasteiger partial charge in [-0.1, -0.05) is 0 Å². The minimum absolute atomic E-state index is 0.685. The van der Waals surface area contributed by atoms with Gasteiger partial charge in [0.2, 0.25) is 0 Å². The summed E-state index contributed by atoms with van der Waals surface area (Å²) in [5, 5.41) is 17.4. The summed E-state index contributed by atoms with van der Waals surface area (Å²) in [6.07, 6.45) is -1.37. The van der Waals surface area contributed by atoms with Crippen LogP contribution in [0.3, 0.4) is 0 Å². The lowest BCUT2D eigenvalue weighted by Gasteiger charge is -2.21. The molecule has 1 radical (unpaired) electrons. The summed E-state index contributed by atoms with van der Waals surface area (Å²) in [6, 6.07) is 0. The molecule has 49 valence electrons. The number of hydrogen-bond acceptors (Lipinski definition) is 3. The van der Waals surface area contributed by atoms with Gasteiger partial charge < -0.3 is 10.2 Å². The fourth-order valence-electron chi connectivity index (χ4n) is 0.312. The second-order valence-electron chi connectivity index (χ2n) is 1.78. The molecule has 2 unspecified atom stereocenters. The Morgan fingerprint density at radius 2 is 1.50 bits per heavy atom. The first-order valence-corrected chi connectivity index (χ1v) is 2.50. The summed E-state index contributed by atoms with van der Waals surface area (Å²) in [5.74, 6) is 0. The molecular formula is C5H12NO2. The fraction of sp³-hybridized carbons (Fsp3) is 0.800. The van der Waals surface area contributed by atoms with Gasteiger partial charge in [0.1, 0.15) is 12.5 Å². The lowest BCUT2D eigenvalue weighted by atomic mass is 10.5. The Morgan fingerprint density at radius 1 is 1.25 bits per heavy atom. The van der Waals surface area contributed by atoms with E-state index in [9.17, 15) is 0 Å². The highest BCUT2D eigenvalue weighted by molar-refractivity contribution is 4.54. The van der Waals surface area contributed by atoms with Crippen LogP contribution in [0.1, 0.15) is 13.8 Å². The van der Waals surface area contributed by atoms with Gasteiger partial charge in [0.25, 0.3) is 0 Å². The molecule has 0 aliphatic rings. The van der Waals surface area contributed by atoms with Crippen molar-refractivity contribution in [2.24, 2.45) is 0 Å². The second kappa shape index (κ2) is 3.02. The summed E-state index contributed by atoms with van der Waals surface area (Å²) in [4.78, 5) is 1.19. The highest BCUT2D eigenvalue weighted by Gasteiger charge is 2.08. The van der Waals surface area contributed by atoms with Crippen molar-refractivity contribution in [3.63, 3.8) is 0 Å². The zero-order chi connectivity index (χ0) is 6.73. The zero-order valence-electron chi connectivity index (χ0n) is 5.20. The van der Waals surface area contributed by atoms with Crippen LogP contribution >= 0.6 is 0 Å². The Bertz CT molecular complexity index is 55.4. The minimum Gasteiger partial charge on any atom is -0.379 e. The summed E-state index contributed by atoms with van der Waals surface area (Å²) < 4.78 is 0. The average molecular weight is 118 g/mol. The Hall–Kier alpha value is -0.120. The maximum atomic E-state index is 8.69. The Kier molecular flexibility index (Phi) is 2.97. The zero-order valence-corrected chi connectivity index (χ0v) is 5.20. The molecule has 3 nitrogen and oxygen atoms in total. The van der Waals surface area contributed by atoms with Crippen LogP contribution in [-0.2, 0) is 0 Å². The van der Waals surface area contributed by atoms with Crippen LogP contribution in [-0.4, -0.2) is 27.6 Å². The predicted molar refractivity (Wildman–Crippen MR) is 30.6 cm³/mol. The molecule has 0 aliphatic heterocycles. The van der Waals surface area contributed by atoms with Crippen LogP contribution in [0.25, 0.3) is 0 Å². The molecule has 0 fully saturated rings. The molecule has 0 spiro atoms. The third kappa shape index (κ3) is 2.26. The predicted octanol–water partition coefficient (Wildman–Crippen LogP) is -0.243. The highest BCUT2D eigenvalue weighted by atomic mass is 16.3. The molecule has 0 aromatic rings. The quantitative estimate of drug-likeness (QED) is 0.492. The van der Waals surface area contributed by atoms with Gasteiger partial charge in [-0.2, -0.15) is 0 Å². The van der Waals surface area contributed by atoms with Gasteiger partial charge in [-0.05, 0) is 13.8 Å². The Balaban J connectivity index is 3.46. The van der Waals surface area contributed by atoms with Crippen LogP contribution in [0.5, 0.6) is 0 Å². The van der Waals surface area contributed by atoms with Gasteiger partial charge in [0, 0.05) is 7.05 Å². The molecule has 0 rings (SSSR count). The third-order valence-electron chi connectivity index (χ3n) is 0.960. The van der Waals surface area contributed by atoms with Crippen molar-refractivity contribution in [2.45, 2.75) is 26.3 Å². The minimum atomic E-state index is -0.685. The summed E-state index contributed by atoms with van der Waals surface area (Å²) in [5.41, 5.74) is 0. The molecule has 0 bridgehead atoms. The smallest absolute Gasteiger partial charge is 0.106 e. The summed E-state index contributed by atoms with van der Waals surface area (Å²) in [7, 11) is 3.37. The van der Waals surface area contributed by atoms with Gasteiger partial charge in [0.05, 0.1) is 0 Å². The van der Waals surface area contributed by atoms with Crippen molar-refractivity contribution in [1.82, 2.24) is 4.90 Å². The fourth-order valence-corrected chi connectivity index (χ4v) is 0.312. The van der Waals surface area contributed by atoms with Crippen molar-refractivity contribution in [1.29, 1.82) is 0 Å². The molecular weight excluding hydrogens is 106 g/mol. The van der Waals surface area contributed by atoms with Crippen LogP contribution in [0.4, 0.5) is 0 Å². The first kappa shape index (κ1) is 7.88. The van der Waals surface area contributed by atoms with Crippen molar-refractivity contribution in [2.75, 3.05) is 0 Å². The van der Waals surface area contributed by atoms with E-state index in [0.29, 0.717) is 0 Å². The van der Waals surface area contributed by atoms with Crippen molar-refractivity contribution < 1.29 is 10.2 Å². The molecule has 0 amide bonds. The molecule has 2 atom stereocenters. The average Bonchev–Trinajstić information content (AvgIpc) is 1.64. The van der Waals surface area contributed by atoms with Gasteiger partial charge in [0.15, 0.2) is 0 Å². The third-order valence-corrected chi connectivity index (χ3v) is 0.960. The van der Waals surface area contributed by atoms with E-state index in [2.05, 4.69) is 7.05 Å². The molecule has 0 aromatic carbocycles. The Morgan fingerprint density at radius 3 is 1.50 bits per heavy atom. The van der Waals surface area contributed by atoms with Crippen molar-refractivity contribution >= 4 is 0 Å². The summed E-state index contributed by atoms with van der Waals surface area (Å²) in [6.45, 7) is 3.08. The lowest BCUT2D eigenvalue weighted by molar-refractivity contribution is -0.0536. The van der Waals surface area contributed by atoms with E-state index in [0.717, 1.165) is 0 Å². The molecule has 3 heteroatoms. The first-order valence-electron chi connectivity index (χ1n) is 2.50. The van der Waals surface area contributed by atoms with Gasteiger partial charge >= 0.3 is 0 Å². The van der Waals surface area contributed by atoms with E-state index < -0.39 is 12.5 Å². The standard InChI is InChI=1S/C5H12NO2/c1-4(7)6(3)5(2)8/h4-5,7-8H,3H2,1-2H3. The van der Waals surface area contributed by atoms with Gasteiger partial charge in [-0.25, -0.2) is 0 Å². The van der Waals surface area contributed by atoms with Gasteiger partial charge in [-0.3, -0.25) is 4.90 Å². The number of hydrogen-bond donors (Lipinski definition) is 2. The monoisotopic (exact) mass is 118 g/mol. The molecule has 0 aromatic heterocycles. The van der Waals surface area contributed by atoms with Crippen molar-refractivity contribution in [3.05, 3.63) is 7.05 Å². The van der Waals surface area contributed by atoms with E-state index in [4.69, 9.17) is 10.2 Å². The number of nitrogens with zero attached hydrogens (tertiary/aromatic N) is 1. The molecule has 0 saturated heterocycles. The maximum Gasteiger partial charge on any atom is 0.106 e. The van der Waals surface area contributed by atoms with Crippen LogP contribution < -0.4 is 0 Å². The number of aliphatic hydroxyl groups is 2. The van der Waals surface area contributed by atoms with Crippen LogP contribution in [0.2, 0.25) is 0 Å². The normalized spacial score (nSPS) is 18.8. The Labute approximate surface area is 49.5 Å². The molecule has 0 heterocycles. The van der Waals surface area contributed by atoms with Crippen LogP contribution in [0.15, 0.2) is 0 Å². The van der Waals surface area contributed by atoms with E-state index in [1.165, 1.54) is 4.90 Å². The van der Waals surface area contributed by atoms with Crippen molar-refractivity contribution in [3.8, 4) is 0 Å². The molecule has 0 aliphatic carbocycles. The van der Waals surface area contributed by atoms with E-state index in [-0.39, 0.29) is 0 Å². The SMILES string of the molecule is [CH2]N(C(C)O)C(C)O.